The second-order valence-electron chi connectivity index (χ2n) is 4.33. The molecule has 0 fully saturated rings. The molecule has 0 amide bonds. The van der Waals surface area contributed by atoms with Gasteiger partial charge >= 0.3 is 0 Å². The second kappa shape index (κ2) is 6.25. The topological polar surface area (TPSA) is 44.5 Å². The summed E-state index contributed by atoms with van der Waals surface area (Å²) in [6.07, 6.45) is 0. The molecule has 0 spiro atoms. The summed E-state index contributed by atoms with van der Waals surface area (Å²) < 4.78 is 11.3. The third-order valence-corrected chi connectivity index (χ3v) is 2.78. The summed E-state index contributed by atoms with van der Waals surface area (Å²) in [6.45, 7) is 5.10. The molecule has 0 radical (unpaired) electrons. The van der Waals surface area contributed by atoms with E-state index >= 15 is 0 Å². The molecule has 0 bridgehead atoms. The van der Waals surface area contributed by atoms with Crippen LogP contribution in [0.25, 0.3) is 0 Å². The zero-order chi connectivity index (χ0) is 13.7. The van der Waals surface area contributed by atoms with Crippen LogP contribution in [0.4, 0.5) is 0 Å². The van der Waals surface area contributed by atoms with Crippen molar-refractivity contribution < 1.29 is 9.47 Å². The van der Waals surface area contributed by atoms with Crippen molar-refractivity contribution in [3.63, 3.8) is 0 Å². The Morgan fingerprint density at radius 2 is 1.84 bits per heavy atom. The zero-order valence-corrected chi connectivity index (χ0v) is 11.3. The largest absolute Gasteiger partial charge is 0.494 e. The highest BCUT2D eigenvalue weighted by atomic mass is 16.5. The van der Waals surface area contributed by atoms with E-state index in [1.54, 1.807) is 0 Å². The van der Waals surface area contributed by atoms with Gasteiger partial charge in [-0.1, -0.05) is 23.8 Å². The molecule has 3 heteroatoms. The zero-order valence-electron chi connectivity index (χ0n) is 11.3. The van der Waals surface area contributed by atoms with E-state index < -0.39 is 0 Å². The van der Waals surface area contributed by atoms with Gasteiger partial charge in [-0.05, 0) is 32.0 Å². The SMILES string of the molecule is CCOc1cccc(Oc2ccc(C)cc2CN)c1. The van der Waals surface area contributed by atoms with Crippen LogP contribution in [0.3, 0.4) is 0 Å². The van der Waals surface area contributed by atoms with Crippen LogP contribution in [-0.2, 0) is 6.54 Å². The number of ether oxygens (including phenoxy) is 2. The molecule has 0 heterocycles. The Labute approximate surface area is 114 Å². The van der Waals surface area contributed by atoms with Crippen LogP contribution >= 0.6 is 0 Å². The van der Waals surface area contributed by atoms with E-state index in [0.29, 0.717) is 13.2 Å². The first kappa shape index (κ1) is 13.4. The summed E-state index contributed by atoms with van der Waals surface area (Å²) in [5.41, 5.74) is 7.92. The van der Waals surface area contributed by atoms with Crippen molar-refractivity contribution in [1.82, 2.24) is 0 Å². The Kier molecular flexibility index (Phi) is 4.42. The Hall–Kier alpha value is -2.00. The molecule has 2 N–H and O–H groups in total. The molecule has 3 nitrogen and oxygen atoms in total. The quantitative estimate of drug-likeness (QED) is 0.889. The lowest BCUT2D eigenvalue weighted by atomic mass is 10.1. The number of hydrogen-bond donors (Lipinski definition) is 1. The van der Waals surface area contributed by atoms with Crippen molar-refractivity contribution in [1.29, 1.82) is 0 Å². The van der Waals surface area contributed by atoms with Crippen LogP contribution in [0.15, 0.2) is 42.5 Å². The fourth-order valence-electron chi connectivity index (χ4n) is 1.89. The fourth-order valence-corrected chi connectivity index (χ4v) is 1.89. The maximum absolute atomic E-state index is 5.88. The lowest BCUT2D eigenvalue weighted by Gasteiger charge is -2.12. The Bertz CT molecular complexity index is 552. The summed E-state index contributed by atoms with van der Waals surface area (Å²) in [5, 5.41) is 0. The molecule has 2 rings (SSSR count). The highest BCUT2D eigenvalue weighted by Crippen LogP contribution is 2.28. The van der Waals surface area contributed by atoms with Crippen molar-refractivity contribution in [2.75, 3.05) is 6.61 Å². The van der Waals surface area contributed by atoms with Crippen LogP contribution in [0.5, 0.6) is 17.2 Å². The first-order valence-electron chi connectivity index (χ1n) is 6.43. The monoisotopic (exact) mass is 257 g/mol. The van der Waals surface area contributed by atoms with Crippen LogP contribution < -0.4 is 15.2 Å². The minimum atomic E-state index is 0.460. The van der Waals surface area contributed by atoms with E-state index in [0.717, 1.165) is 22.8 Å². The summed E-state index contributed by atoms with van der Waals surface area (Å²) in [7, 11) is 0. The van der Waals surface area contributed by atoms with E-state index in [1.165, 1.54) is 5.56 Å². The Balaban J connectivity index is 2.23. The lowest BCUT2D eigenvalue weighted by Crippen LogP contribution is -2.00. The highest BCUT2D eigenvalue weighted by molar-refractivity contribution is 5.42. The van der Waals surface area contributed by atoms with Crippen molar-refractivity contribution >= 4 is 0 Å². The molecular formula is C16H19NO2. The average molecular weight is 257 g/mol. The third-order valence-electron chi connectivity index (χ3n) is 2.78. The van der Waals surface area contributed by atoms with Gasteiger partial charge in [0, 0.05) is 18.2 Å². The normalized spacial score (nSPS) is 10.3. The van der Waals surface area contributed by atoms with Crippen molar-refractivity contribution in [2.45, 2.75) is 20.4 Å². The smallest absolute Gasteiger partial charge is 0.131 e. The Morgan fingerprint density at radius 1 is 1.05 bits per heavy atom. The van der Waals surface area contributed by atoms with E-state index in [-0.39, 0.29) is 0 Å². The third kappa shape index (κ3) is 3.48. The molecule has 2 aromatic rings. The van der Waals surface area contributed by atoms with Gasteiger partial charge in [0.1, 0.15) is 17.2 Å². The van der Waals surface area contributed by atoms with Gasteiger partial charge in [0.2, 0.25) is 0 Å². The number of nitrogens with two attached hydrogens (primary N) is 1. The van der Waals surface area contributed by atoms with Gasteiger partial charge in [-0.2, -0.15) is 0 Å². The molecule has 0 unspecified atom stereocenters. The summed E-state index contributed by atoms with van der Waals surface area (Å²) >= 11 is 0. The number of aryl methyl sites for hydroxylation is 1. The molecule has 0 aromatic heterocycles. The van der Waals surface area contributed by atoms with Crippen molar-refractivity contribution in [3.05, 3.63) is 53.6 Å². The molecule has 2 aromatic carbocycles. The van der Waals surface area contributed by atoms with Gasteiger partial charge in [0.25, 0.3) is 0 Å². The number of rotatable bonds is 5. The minimum Gasteiger partial charge on any atom is -0.494 e. The average Bonchev–Trinajstić information content (AvgIpc) is 2.41. The van der Waals surface area contributed by atoms with E-state index in [1.807, 2.05) is 56.3 Å². The molecule has 0 saturated heterocycles. The maximum Gasteiger partial charge on any atom is 0.131 e. The summed E-state index contributed by atoms with van der Waals surface area (Å²) in [6, 6.07) is 13.6. The maximum atomic E-state index is 5.88. The van der Waals surface area contributed by atoms with Crippen molar-refractivity contribution in [2.24, 2.45) is 5.73 Å². The number of benzene rings is 2. The van der Waals surface area contributed by atoms with Gasteiger partial charge in [0.15, 0.2) is 0 Å². The van der Waals surface area contributed by atoms with Crippen LogP contribution in [0.2, 0.25) is 0 Å². The van der Waals surface area contributed by atoms with E-state index in [2.05, 4.69) is 0 Å². The first-order chi connectivity index (χ1) is 9.22. The number of hydrogen-bond acceptors (Lipinski definition) is 3. The first-order valence-corrected chi connectivity index (χ1v) is 6.43. The molecule has 0 aliphatic carbocycles. The van der Waals surface area contributed by atoms with Gasteiger partial charge < -0.3 is 15.2 Å². The second-order valence-corrected chi connectivity index (χ2v) is 4.33. The Morgan fingerprint density at radius 3 is 2.58 bits per heavy atom. The van der Waals surface area contributed by atoms with Crippen LogP contribution in [0.1, 0.15) is 18.1 Å². The predicted octanol–water partition coefficient (Wildman–Crippen LogP) is 3.64. The molecule has 0 aliphatic rings. The lowest BCUT2D eigenvalue weighted by molar-refractivity contribution is 0.338. The molecular weight excluding hydrogens is 238 g/mol. The van der Waals surface area contributed by atoms with E-state index in [9.17, 15) is 0 Å². The summed E-state index contributed by atoms with van der Waals surface area (Å²) in [5.74, 6) is 2.35. The standard InChI is InChI=1S/C16H19NO2/c1-3-18-14-5-4-6-15(10-14)19-16-8-7-12(2)9-13(16)11-17/h4-10H,3,11,17H2,1-2H3. The summed E-state index contributed by atoms with van der Waals surface area (Å²) in [4.78, 5) is 0. The van der Waals surface area contributed by atoms with Crippen LogP contribution in [0, 0.1) is 6.92 Å². The fraction of sp³-hybridized carbons (Fsp3) is 0.250. The molecule has 19 heavy (non-hydrogen) atoms. The van der Waals surface area contributed by atoms with Gasteiger partial charge in [0.05, 0.1) is 6.61 Å². The minimum absolute atomic E-state index is 0.460. The molecule has 0 aliphatic heterocycles. The molecule has 0 atom stereocenters. The van der Waals surface area contributed by atoms with E-state index in [4.69, 9.17) is 15.2 Å². The van der Waals surface area contributed by atoms with Gasteiger partial charge in [-0.25, -0.2) is 0 Å². The molecule has 0 saturated carbocycles. The van der Waals surface area contributed by atoms with Crippen LogP contribution in [-0.4, -0.2) is 6.61 Å². The van der Waals surface area contributed by atoms with Gasteiger partial charge in [-0.3, -0.25) is 0 Å². The molecule has 100 valence electrons. The van der Waals surface area contributed by atoms with Crippen molar-refractivity contribution in [3.8, 4) is 17.2 Å². The van der Waals surface area contributed by atoms with Gasteiger partial charge in [-0.15, -0.1) is 0 Å². The highest BCUT2D eigenvalue weighted by Gasteiger charge is 2.05. The predicted molar refractivity (Wildman–Crippen MR) is 76.8 cm³/mol.